The minimum absolute atomic E-state index is 0.00860. The van der Waals surface area contributed by atoms with E-state index in [4.69, 9.17) is 0 Å². The van der Waals surface area contributed by atoms with Crippen molar-refractivity contribution in [3.05, 3.63) is 63.6 Å². The third-order valence-electron chi connectivity index (χ3n) is 4.21. The highest BCUT2D eigenvalue weighted by Crippen LogP contribution is 2.22. The van der Waals surface area contributed by atoms with Crippen molar-refractivity contribution in [2.24, 2.45) is 0 Å². The first-order valence-electron chi connectivity index (χ1n) is 8.29. The van der Waals surface area contributed by atoms with E-state index in [0.29, 0.717) is 6.54 Å². The van der Waals surface area contributed by atoms with Gasteiger partial charge in [-0.3, -0.25) is 9.78 Å². The van der Waals surface area contributed by atoms with E-state index < -0.39 is 0 Å². The Morgan fingerprint density at radius 3 is 2.80 bits per heavy atom. The fraction of sp³-hybridized carbons (Fsp3) is 0.316. The fourth-order valence-corrected chi connectivity index (χ4v) is 3.70. The Kier molecular flexibility index (Phi) is 4.99. The molecule has 3 heterocycles. The van der Waals surface area contributed by atoms with E-state index >= 15 is 0 Å². The normalized spacial score (nSPS) is 10.9. The Bertz CT molecular complexity index is 882. The smallest absolute Gasteiger partial charge is 0.255 e. The molecule has 0 radical (unpaired) electrons. The molecule has 0 N–H and O–H groups in total. The Morgan fingerprint density at radius 2 is 2.16 bits per heavy atom. The average Bonchev–Trinajstić information content (AvgIpc) is 3.19. The number of aromatic nitrogens is 3. The van der Waals surface area contributed by atoms with Crippen molar-refractivity contribution >= 4 is 17.2 Å². The van der Waals surface area contributed by atoms with E-state index in [-0.39, 0.29) is 5.91 Å². The summed E-state index contributed by atoms with van der Waals surface area (Å²) in [5.74, 6) is 0.00860. The zero-order valence-electron chi connectivity index (χ0n) is 15.0. The highest BCUT2D eigenvalue weighted by molar-refractivity contribution is 7.09. The van der Waals surface area contributed by atoms with Gasteiger partial charge in [-0.2, -0.15) is 0 Å². The molecule has 0 aliphatic heterocycles. The summed E-state index contributed by atoms with van der Waals surface area (Å²) in [5.41, 5.74) is 4.57. The number of rotatable bonds is 5. The highest BCUT2D eigenvalue weighted by atomic mass is 32.1. The van der Waals surface area contributed by atoms with Crippen LogP contribution in [-0.2, 0) is 13.0 Å². The molecule has 0 saturated heterocycles. The molecule has 0 aromatic carbocycles. The maximum absolute atomic E-state index is 12.9. The molecule has 0 unspecified atom stereocenters. The Hall–Kier alpha value is -2.47. The minimum Gasteiger partial charge on any atom is -0.336 e. The molecule has 3 aromatic rings. The fourth-order valence-electron chi connectivity index (χ4n) is 2.97. The number of amides is 1. The van der Waals surface area contributed by atoms with Gasteiger partial charge in [0.25, 0.3) is 5.91 Å². The van der Waals surface area contributed by atoms with Gasteiger partial charge in [-0.1, -0.05) is 6.92 Å². The number of thiazole rings is 1. The zero-order chi connectivity index (χ0) is 18.0. The van der Waals surface area contributed by atoms with Gasteiger partial charge in [0.2, 0.25) is 0 Å². The van der Waals surface area contributed by atoms with Crippen LogP contribution in [0.25, 0.3) is 5.69 Å². The van der Waals surface area contributed by atoms with Crippen LogP contribution in [0.4, 0.5) is 0 Å². The van der Waals surface area contributed by atoms with E-state index in [1.54, 1.807) is 28.6 Å². The number of nitrogens with zero attached hydrogens (tertiary/aromatic N) is 4. The van der Waals surface area contributed by atoms with Crippen LogP contribution in [-0.4, -0.2) is 32.4 Å². The first-order chi connectivity index (χ1) is 12.0. The number of aryl methyl sites for hydroxylation is 2. The van der Waals surface area contributed by atoms with E-state index in [1.807, 2.05) is 44.5 Å². The first-order valence-corrected chi connectivity index (χ1v) is 9.17. The molecule has 0 fully saturated rings. The molecule has 5 nitrogen and oxygen atoms in total. The van der Waals surface area contributed by atoms with Gasteiger partial charge < -0.3 is 9.47 Å². The van der Waals surface area contributed by atoms with Crippen molar-refractivity contribution in [1.29, 1.82) is 0 Å². The van der Waals surface area contributed by atoms with Crippen LogP contribution in [0.5, 0.6) is 0 Å². The quantitative estimate of drug-likeness (QED) is 0.701. The second-order valence-corrected chi connectivity index (χ2v) is 7.02. The maximum atomic E-state index is 12.9. The molecule has 0 aliphatic carbocycles. The lowest BCUT2D eigenvalue weighted by Gasteiger charge is -2.16. The molecule has 1 amide bonds. The Balaban J connectivity index is 1.85. The van der Waals surface area contributed by atoms with Crippen LogP contribution in [0, 0.1) is 13.8 Å². The maximum Gasteiger partial charge on any atom is 0.255 e. The Morgan fingerprint density at radius 1 is 1.36 bits per heavy atom. The summed E-state index contributed by atoms with van der Waals surface area (Å²) >= 11 is 1.65. The molecule has 130 valence electrons. The molecule has 6 heteroatoms. The monoisotopic (exact) mass is 354 g/mol. The van der Waals surface area contributed by atoms with Gasteiger partial charge in [-0.25, -0.2) is 4.98 Å². The van der Waals surface area contributed by atoms with Crippen molar-refractivity contribution in [1.82, 2.24) is 19.4 Å². The first kappa shape index (κ1) is 17.4. The number of hydrogen-bond donors (Lipinski definition) is 0. The standard InChI is InChI=1S/C19H22N4OS/c1-5-18-21-15(12-25-18)11-22(4)19(24)17-9-13(2)23(14(17)3)16-7-6-8-20-10-16/h6-10,12H,5,11H2,1-4H3. The van der Waals surface area contributed by atoms with Gasteiger partial charge in [0.1, 0.15) is 0 Å². The topological polar surface area (TPSA) is 51.0 Å². The number of carbonyl (C=O) groups excluding carboxylic acids is 1. The Labute approximate surface area is 152 Å². The predicted molar refractivity (Wildman–Crippen MR) is 100 cm³/mol. The zero-order valence-corrected chi connectivity index (χ0v) is 15.8. The molecule has 0 bridgehead atoms. The van der Waals surface area contributed by atoms with Gasteiger partial charge in [-0.05, 0) is 38.5 Å². The number of pyridine rings is 1. The van der Waals surface area contributed by atoms with Crippen LogP contribution >= 0.6 is 11.3 Å². The third kappa shape index (κ3) is 3.49. The molecule has 25 heavy (non-hydrogen) atoms. The van der Waals surface area contributed by atoms with E-state index in [2.05, 4.69) is 21.5 Å². The summed E-state index contributed by atoms with van der Waals surface area (Å²) in [6, 6.07) is 5.83. The van der Waals surface area contributed by atoms with Crippen molar-refractivity contribution in [2.75, 3.05) is 7.05 Å². The molecule has 3 rings (SSSR count). The van der Waals surface area contributed by atoms with Crippen LogP contribution < -0.4 is 0 Å². The summed E-state index contributed by atoms with van der Waals surface area (Å²) in [6.45, 7) is 6.58. The van der Waals surface area contributed by atoms with Gasteiger partial charge in [-0.15, -0.1) is 11.3 Å². The molecular weight excluding hydrogens is 332 g/mol. The van der Waals surface area contributed by atoms with Crippen LogP contribution in [0.15, 0.2) is 36.0 Å². The highest BCUT2D eigenvalue weighted by Gasteiger charge is 2.20. The van der Waals surface area contributed by atoms with E-state index in [1.165, 1.54) is 0 Å². The molecule has 0 atom stereocenters. The van der Waals surface area contributed by atoms with Gasteiger partial charge in [0.05, 0.1) is 34.7 Å². The number of carbonyl (C=O) groups is 1. The molecule has 0 saturated carbocycles. The van der Waals surface area contributed by atoms with Crippen molar-refractivity contribution in [3.63, 3.8) is 0 Å². The van der Waals surface area contributed by atoms with Gasteiger partial charge in [0.15, 0.2) is 0 Å². The SMILES string of the molecule is CCc1nc(CN(C)C(=O)c2cc(C)n(-c3cccnc3)c2C)cs1. The van der Waals surface area contributed by atoms with E-state index in [0.717, 1.165) is 39.8 Å². The van der Waals surface area contributed by atoms with Gasteiger partial charge in [0, 0.05) is 30.0 Å². The van der Waals surface area contributed by atoms with E-state index in [9.17, 15) is 4.79 Å². The van der Waals surface area contributed by atoms with Crippen LogP contribution in [0.1, 0.15) is 39.4 Å². The second kappa shape index (κ2) is 7.19. The van der Waals surface area contributed by atoms with Crippen molar-refractivity contribution < 1.29 is 4.79 Å². The van der Waals surface area contributed by atoms with Crippen molar-refractivity contribution in [3.8, 4) is 5.69 Å². The third-order valence-corrected chi connectivity index (χ3v) is 5.26. The lowest BCUT2D eigenvalue weighted by Crippen LogP contribution is -2.26. The molecule has 0 spiro atoms. The lowest BCUT2D eigenvalue weighted by atomic mass is 10.2. The molecule has 3 aromatic heterocycles. The minimum atomic E-state index is 0.00860. The van der Waals surface area contributed by atoms with Crippen LogP contribution in [0.3, 0.4) is 0 Å². The van der Waals surface area contributed by atoms with Gasteiger partial charge >= 0.3 is 0 Å². The molecule has 0 aliphatic rings. The summed E-state index contributed by atoms with van der Waals surface area (Å²) < 4.78 is 2.06. The summed E-state index contributed by atoms with van der Waals surface area (Å²) in [5, 5.41) is 3.13. The predicted octanol–water partition coefficient (Wildman–Crippen LogP) is 3.78. The number of hydrogen-bond acceptors (Lipinski definition) is 4. The summed E-state index contributed by atoms with van der Waals surface area (Å²) in [4.78, 5) is 23.4. The van der Waals surface area contributed by atoms with Crippen LogP contribution in [0.2, 0.25) is 0 Å². The molecular formula is C19H22N4OS. The second-order valence-electron chi connectivity index (χ2n) is 6.08. The lowest BCUT2D eigenvalue weighted by molar-refractivity contribution is 0.0783. The summed E-state index contributed by atoms with van der Waals surface area (Å²) in [6.07, 6.45) is 4.48. The summed E-state index contributed by atoms with van der Waals surface area (Å²) in [7, 11) is 1.82. The average molecular weight is 354 g/mol. The van der Waals surface area contributed by atoms with Crippen molar-refractivity contribution in [2.45, 2.75) is 33.7 Å². The largest absolute Gasteiger partial charge is 0.336 e.